The molecule has 2 heterocycles. The number of benzene rings is 1. The highest BCUT2D eigenvalue weighted by atomic mass is 15.3. The van der Waals surface area contributed by atoms with E-state index in [0.29, 0.717) is 6.04 Å². The van der Waals surface area contributed by atoms with Crippen molar-refractivity contribution in [2.24, 2.45) is 0 Å². The topological polar surface area (TPSA) is 35.2 Å². The van der Waals surface area contributed by atoms with Crippen molar-refractivity contribution in [2.45, 2.75) is 32.9 Å². The van der Waals surface area contributed by atoms with Gasteiger partial charge in [-0.15, -0.1) is 0 Å². The van der Waals surface area contributed by atoms with E-state index in [-0.39, 0.29) is 0 Å². The van der Waals surface area contributed by atoms with Gasteiger partial charge in [-0.25, -0.2) is 4.98 Å². The Kier molecular flexibility index (Phi) is 4.60. The molecule has 0 unspecified atom stereocenters. The van der Waals surface area contributed by atoms with Gasteiger partial charge in [0.15, 0.2) is 0 Å². The van der Waals surface area contributed by atoms with Gasteiger partial charge in [-0.2, -0.15) is 0 Å². The van der Waals surface area contributed by atoms with Gasteiger partial charge in [0.2, 0.25) is 0 Å². The van der Waals surface area contributed by atoms with Crippen LogP contribution in [0.5, 0.6) is 0 Å². The second-order valence-corrected chi connectivity index (χ2v) is 6.30. The highest BCUT2D eigenvalue weighted by Gasteiger charge is 2.23. The highest BCUT2D eigenvalue weighted by Crippen LogP contribution is 2.20. The van der Waals surface area contributed by atoms with Gasteiger partial charge in [0, 0.05) is 43.5 Å². The summed E-state index contributed by atoms with van der Waals surface area (Å²) in [4.78, 5) is 13.3. The summed E-state index contributed by atoms with van der Waals surface area (Å²) < 4.78 is 0. The quantitative estimate of drug-likeness (QED) is 0.942. The molecule has 1 aromatic carbocycles. The third-order valence-electron chi connectivity index (χ3n) is 4.74. The second kappa shape index (κ2) is 6.63. The maximum absolute atomic E-state index is 4.83. The first kappa shape index (κ1) is 15.3. The fraction of sp³-hybridized carbons (Fsp3) is 0.500. The van der Waals surface area contributed by atoms with Gasteiger partial charge in [-0.05, 0) is 20.4 Å². The van der Waals surface area contributed by atoms with Crippen molar-refractivity contribution in [3.63, 3.8) is 0 Å². The molecular formula is C18H26N4. The van der Waals surface area contributed by atoms with Crippen LogP contribution in [0.1, 0.15) is 24.7 Å². The van der Waals surface area contributed by atoms with Crippen LogP contribution in [-0.2, 0) is 6.54 Å². The lowest BCUT2D eigenvalue weighted by Crippen LogP contribution is -2.50. The highest BCUT2D eigenvalue weighted by molar-refractivity contribution is 5.55. The molecule has 3 rings (SSSR count). The first-order chi connectivity index (χ1) is 10.7. The summed E-state index contributed by atoms with van der Waals surface area (Å²) in [7, 11) is 2.23. The van der Waals surface area contributed by atoms with Gasteiger partial charge in [0.05, 0.1) is 5.69 Å². The molecule has 118 valence electrons. The normalized spacial score (nSPS) is 20.4. The minimum Gasteiger partial charge on any atom is -0.342 e. The van der Waals surface area contributed by atoms with Crippen molar-refractivity contribution in [1.82, 2.24) is 19.8 Å². The van der Waals surface area contributed by atoms with Gasteiger partial charge in [-0.3, -0.25) is 4.90 Å². The lowest BCUT2D eigenvalue weighted by molar-refractivity contribution is 0.0875. The van der Waals surface area contributed by atoms with E-state index in [0.717, 1.165) is 37.6 Å². The van der Waals surface area contributed by atoms with Gasteiger partial charge in [0.1, 0.15) is 5.82 Å². The van der Waals surface area contributed by atoms with E-state index in [1.165, 1.54) is 17.8 Å². The first-order valence-electron chi connectivity index (χ1n) is 8.21. The summed E-state index contributed by atoms with van der Waals surface area (Å²) in [5, 5.41) is 0. The molecule has 4 heteroatoms. The lowest BCUT2D eigenvalue weighted by Gasteiger charge is -2.38. The van der Waals surface area contributed by atoms with E-state index >= 15 is 0 Å². The molecule has 0 spiro atoms. The zero-order valence-corrected chi connectivity index (χ0v) is 13.8. The maximum atomic E-state index is 4.83. The fourth-order valence-corrected chi connectivity index (χ4v) is 3.19. The third-order valence-corrected chi connectivity index (χ3v) is 4.74. The Labute approximate surface area is 133 Å². The molecule has 0 amide bonds. The molecule has 1 aliphatic heterocycles. The van der Waals surface area contributed by atoms with Crippen LogP contribution in [-0.4, -0.2) is 52.5 Å². The number of likely N-dealkylation sites (N-methyl/N-ethyl adjacent to an activating group) is 1. The van der Waals surface area contributed by atoms with Crippen LogP contribution in [0.2, 0.25) is 0 Å². The van der Waals surface area contributed by atoms with E-state index in [1.54, 1.807) is 0 Å². The number of nitrogens with zero attached hydrogens (tertiary/aromatic N) is 3. The Balaban J connectivity index is 1.72. The van der Waals surface area contributed by atoms with Crippen LogP contribution in [0.4, 0.5) is 0 Å². The molecule has 0 aliphatic carbocycles. The molecule has 1 fully saturated rings. The number of imidazole rings is 1. The molecule has 4 nitrogen and oxygen atoms in total. The van der Waals surface area contributed by atoms with E-state index < -0.39 is 0 Å². The SMILES string of the molecule is CC[C@H]1CN(Cc2nc(-c3ccccc3)[nH]c2C)CCN1C. The summed E-state index contributed by atoms with van der Waals surface area (Å²) in [6.07, 6.45) is 1.21. The number of aromatic amines is 1. The average Bonchev–Trinajstić information content (AvgIpc) is 2.91. The first-order valence-corrected chi connectivity index (χ1v) is 8.21. The molecular weight excluding hydrogens is 272 g/mol. The number of hydrogen-bond acceptors (Lipinski definition) is 3. The number of H-pyrrole nitrogens is 1. The lowest BCUT2D eigenvalue weighted by atomic mass is 10.1. The number of nitrogens with one attached hydrogen (secondary N) is 1. The zero-order chi connectivity index (χ0) is 15.5. The van der Waals surface area contributed by atoms with Crippen molar-refractivity contribution in [2.75, 3.05) is 26.7 Å². The van der Waals surface area contributed by atoms with Crippen LogP contribution in [0.15, 0.2) is 30.3 Å². The van der Waals surface area contributed by atoms with E-state index in [2.05, 4.69) is 59.9 Å². The van der Waals surface area contributed by atoms with Crippen LogP contribution in [0.3, 0.4) is 0 Å². The number of rotatable bonds is 4. The predicted octanol–water partition coefficient (Wildman–Crippen LogP) is 2.91. The molecule has 22 heavy (non-hydrogen) atoms. The Bertz CT molecular complexity index is 605. The Morgan fingerprint density at radius 3 is 2.73 bits per heavy atom. The third kappa shape index (κ3) is 3.23. The van der Waals surface area contributed by atoms with E-state index in [9.17, 15) is 0 Å². The molecule has 1 saturated heterocycles. The summed E-state index contributed by atoms with van der Waals surface area (Å²) in [6, 6.07) is 11.0. The van der Waals surface area contributed by atoms with Crippen LogP contribution < -0.4 is 0 Å². The molecule has 1 aliphatic rings. The Hall–Kier alpha value is -1.65. The minimum atomic E-state index is 0.668. The average molecular weight is 298 g/mol. The van der Waals surface area contributed by atoms with Crippen molar-refractivity contribution < 1.29 is 0 Å². The summed E-state index contributed by atoms with van der Waals surface area (Å²) >= 11 is 0. The second-order valence-electron chi connectivity index (χ2n) is 6.30. The standard InChI is InChI=1S/C18H26N4/c1-4-16-12-22(11-10-21(16)3)13-17-14(2)19-18(20-17)15-8-6-5-7-9-15/h5-9,16H,4,10-13H2,1-3H3,(H,19,20)/t16-/m0/s1. The number of hydrogen-bond donors (Lipinski definition) is 1. The fourth-order valence-electron chi connectivity index (χ4n) is 3.19. The maximum Gasteiger partial charge on any atom is 0.137 e. The van der Waals surface area contributed by atoms with Crippen LogP contribution in [0.25, 0.3) is 11.4 Å². The molecule has 1 N–H and O–H groups in total. The van der Waals surface area contributed by atoms with Crippen molar-refractivity contribution in [1.29, 1.82) is 0 Å². The van der Waals surface area contributed by atoms with Gasteiger partial charge >= 0.3 is 0 Å². The number of aromatic nitrogens is 2. The van der Waals surface area contributed by atoms with Crippen molar-refractivity contribution in [3.05, 3.63) is 41.7 Å². The van der Waals surface area contributed by atoms with Crippen molar-refractivity contribution >= 4 is 0 Å². The molecule has 0 saturated carbocycles. The van der Waals surface area contributed by atoms with Crippen LogP contribution in [0, 0.1) is 6.92 Å². The smallest absolute Gasteiger partial charge is 0.137 e. The zero-order valence-electron chi connectivity index (χ0n) is 13.8. The number of aryl methyl sites for hydroxylation is 1. The van der Waals surface area contributed by atoms with Gasteiger partial charge < -0.3 is 9.88 Å². The summed E-state index contributed by atoms with van der Waals surface area (Å²) in [5.41, 5.74) is 3.52. The Morgan fingerprint density at radius 2 is 2.00 bits per heavy atom. The molecule has 0 bridgehead atoms. The predicted molar refractivity (Wildman–Crippen MR) is 90.7 cm³/mol. The monoisotopic (exact) mass is 298 g/mol. The summed E-state index contributed by atoms with van der Waals surface area (Å²) in [6.45, 7) is 8.76. The van der Waals surface area contributed by atoms with Gasteiger partial charge in [-0.1, -0.05) is 37.3 Å². The molecule has 1 aromatic heterocycles. The molecule has 1 atom stereocenters. The largest absolute Gasteiger partial charge is 0.342 e. The van der Waals surface area contributed by atoms with Crippen LogP contribution >= 0.6 is 0 Å². The molecule has 2 aromatic rings. The van der Waals surface area contributed by atoms with Gasteiger partial charge in [0.25, 0.3) is 0 Å². The number of piperazine rings is 1. The Morgan fingerprint density at radius 1 is 1.23 bits per heavy atom. The molecule has 0 radical (unpaired) electrons. The summed E-state index contributed by atoms with van der Waals surface area (Å²) in [5.74, 6) is 0.981. The van der Waals surface area contributed by atoms with E-state index in [1.807, 2.05) is 6.07 Å². The minimum absolute atomic E-state index is 0.668. The van der Waals surface area contributed by atoms with Crippen molar-refractivity contribution in [3.8, 4) is 11.4 Å². The van der Waals surface area contributed by atoms with E-state index in [4.69, 9.17) is 4.98 Å².